The van der Waals surface area contributed by atoms with Crippen LogP contribution in [-0.4, -0.2) is 29.5 Å². The van der Waals surface area contributed by atoms with Crippen molar-refractivity contribution >= 4 is 17.8 Å². The number of aromatic hydroxyl groups is 1. The van der Waals surface area contributed by atoms with Crippen LogP contribution in [-0.2, 0) is 9.53 Å². The molecule has 0 aliphatic rings. The fourth-order valence-electron chi connectivity index (χ4n) is 1.64. The van der Waals surface area contributed by atoms with Crippen LogP contribution in [0.4, 0.5) is 0 Å². The van der Waals surface area contributed by atoms with E-state index in [0.29, 0.717) is 5.56 Å². The number of amides is 2. The molecular weight excluding hydrogens is 300 g/mol. The third-order valence-electron chi connectivity index (χ3n) is 2.79. The van der Waals surface area contributed by atoms with Crippen LogP contribution in [0.25, 0.3) is 0 Å². The number of nitrogens with one attached hydrogen (secondary N) is 2. The molecule has 0 spiro atoms. The summed E-state index contributed by atoms with van der Waals surface area (Å²) in [6.45, 7) is -0.547. The van der Waals surface area contributed by atoms with Gasteiger partial charge in [0, 0.05) is 5.56 Å². The van der Waals surface area contributed by atoms with Gasteiger partial charge >= 0.3 is 5.97 Å². The zero-order valence-corrected chi connectivity index (χ0v) is 12.0. The minimum Gasteiger partial charge on any atom is -0.508 e. The van der Waals surface area contributed by atoms with Crippen molar-refractivity contribution in [2.24, 2.45) is 0 Å². The second kappa shape index (κ2) is 7.60. The monoisotopic (exact) mass is 314 g/mol. The number of esters is 1. The van der Waals surface area contributed by atoms with Crippen LogP contribution in [0, 0.1) is 0 Å². The number of phenols is 1. The molecule has 2 amide bonds. The summed E-state index contributed by atoms with van der Waals surface area (Å²) < 4.78 is 4.78. The number of hydrazine groups is 1. The highest BCUT2D eigenvalue weighted by Crippen LogP contribution is 2.10. The van der Waals surface area contributed by atoms with E-state index in [-0.39, 0.29) is 11.3 Å². The molecule has 0 radical (unpaired) electrons. The Hall–Kier alpha value is -3.35. The average Bonchev–Trinajstić information content (AvgIpc) is 2.59. The van der Waals surface area contributed by atoms with E-state index in [9.17, 15) is 14.4 Å². The van der Waals surface area contributed by atoms with Gasteiger partial charge < -0.3 is 9.84 Å². The van der Waals surface area contributed by atoms with Crippen LogP contribution in [0.1, 0.15) is 20.7 Å². The van der Waals surface area contributed by atoms with Crippen LogP contribution in [0.15, 0.2) is 54.6 Å². The normalized spacial score (nSPS) is 9.74. The molecule has 2 aromatic carbocycles. The third-order valence-corrected chi connectivity index (χ3v) is 2.79. The van der Waals surface area contributed by atoms with Gasteiger partial charge in [0.1, 0.15) is 5.75 Å². The Kier molecular flexibility index (Phi) is 5.30. The van der Waals surface area contributed by atoms with Crippen LogP contribution in [0.5, 0.6) is 5.75 Å². The molecule has 118 valence electrons. The summed E-state index contributed by atoms with van der Waals surface area (Å²) >= 11 is 0. The highest BCUT2D eigenvalue weighted by molar-refractivity contribution is 5.96. The van der Waals surface area contributed by atoms with E-state index >= 15 is 0 Å². The Balaban J connectivity index is 1.76. The number of benzene rings is 2. The van der Waals surface area contributed by atoms with Crippen LogP contribution in [0.3, 0.4) is 0 Å². The molecule has 23 heavy (non-hydrogen) atoms. The number of ether oxygens (including phenoxy) is 1. The zero-order chi connectivity index (χ0) is 16.7. The van der Waals surface area contributed by atoms with Gasteiger partial charge in [-0.25, -0.2) is 4.79 Å². The molecule has 2 rings (SSSR count). The maximum absolute atomic E-state index is 11.7. The minimum absolute atomic E-state index is 0.0166. The van der Waals surface area contributed by atoms with E-state index < -0.39 is 24.4 Å². The lowest BCUT2D eigenvalue weighted by molar-refractivity contribution is -0.125. The Morgan fingerprint density at radius 3 is 2.17 bits per heavy atom. The molecule has 0 aliphatic carbocycles. The molecule has 0 fully saturated rings. The largest absolute Gasteiger partial charge is 0.508 e. The Bertz CT molecular complexity index is 698. The van der Waals surface area contributed by atoms with Crippen LogP contribution >= 0.6 is 0 Å². The van der Waals surface area contributed by atoms with Gasteiger partial charge in [0.2, 0.25) is 0 Å². The molecule has 3 N–H and O–H groups in total. The first kappa shape index (κ1) is 16.0. The molecule has 0 atom stereocenters. The zero-order valence-electron chi connectivity index (χ0n) is 12.0. The first-order valence-electron chi connectivity index (χ1n) is 6.66. The van der Waals surface area contributed by atoms with Crippen molar-refractivity contribution in [3.8, 4) is 5.75 Å². The van der Waals surface area contributed by atoms with Gasteiger partial charge in [-0.05, 0) is 36.4 Å². The van der Waals surface area contributed by atoms with Gasteiger partial charge in [-0.2, -0.15) is 0 Å². The molecule has 0 saturated carbocycles. The van der Waals surface area contributed by atoms with Crippen molar-refractivity contribution in [3.05, 3.63) is 65.7 Å². The van der Waals surface area contributed by atoms with Crippen molar-refractivity contribution in [1.29, 1.82) is 0 Å². The van der Waals surface area contributed by atoms with Crippen molar-refractivity contribution in [3.63, 3.8) is 0 Å². The van der Waals surface area contributed by atoms with Crippen LogP contribution in [0.2, 0.25) is 0 Å². The summed E-state index contributed by atoms with van der Waals surface area (Å²) in [5, 5.41) is 9.12. The van der Waals surface area contributed by atoms with E-state index in [1.54, 1.807) is 30.3 Å². The lowest BCUT2D eigenvalue weighted by atomic mass is 10.2. The van der Waals surface area contributed by atoms with E-state index in [1.807, 2.05) is 0 Å². The number of hydrogen-bond donors (Lipinski definition) is 3. The lowest BCUT2D eigenvalue weighted by Crippen LogP contribution is -2.43. The Morgan fingerprint density at radius 2 is 1.52 bits per heavy atom. The predicted molar refractivity (Wildman–Crippen MR) is 80.4 cm³/mol. The average molecular weight is 314 g/mol. The summed E-state index contributed by atoms with van der Waals surface area (Å²) in [7, 11) is 0. The summed E-state index contributed by atoms with van der Waals surface area (Å²) in [4.78, 5) is 34.9. The fraction of sp³-hybridized carbons (Fsp3) is 0.0625. The van der Waals surface area contributed by atoms with Gasteiger partial charge in [0.25, 0.3) is 11.8 Å². The summed E-state index contributed by atoms with van der Waals surface area (Å²) in [5.41, 5.74) is 4.93. The second-order valence-electron chi connectivity index (χ2n) is 4.49. The van der Waals surface area contributed by atoms with Crippen molar-refractivity contribution in [2.45, 2.75) is 0 Å². The van der Waals surface area contributed by atoms with Crippen molar-refractivity contribution in [2.75, 3.05) is 6.61 Å². The first-order chi connectivity index (χ1) is 11.1. The van der Waals surface area contributed by atoms with E-state index in [1.165, 1.54) is 24.3 Å². The standard InChI is InChI=1S/C16H14N2O5/c19-13-8-6-12(7-9-13)16(22)23-10-14(20)17-18-15(21)11-4-2-1-3-5-11/h1-9,19H,10H2,(H,17,20)(H,18,21). The summed E-state index contributed by atoms with van der Waals surface area (Å²) in [5.74, 6) is -1.86. The van der Waals surface area contributed by atoms with Crippen LogP contribution < -0.4 is 10.9 Å². The molecule has 0 saturated heterocycles. The highest BCUT2D eigenvalue weighted by Gasteiger charge is 2.11. The number of carbonyl (C=O) groups is 3. The number of rotatable bonds is 4. The molecule has 0 aliphatic heterocycles. The lowest BCUT2D eigenvalue weighted by Gasteiger charge is -2.08. The fourth-order valence-corrected chi connectivity index (χ4v) is 1.64. The topological polar surface area (TPSA) is 105 Å². The molecule has 0 bridgehead atoms. The molecular formula is C16H14N2O5. The first-order valence-corrected chi connectivity index (χ1v) is 6.66. The summed E-state index contributed by atoms with van der Waals surface area (Å²) in [6, 6.07) is 13.7. The molecule has 0 unspecified atom stereocenters. The SMILES string of the molecule is O=C(COC(=O)c1ccc(O)cc1)NNC(=O)c1ccccc1. The minimum atomic E-state index is -0.713. The molecule has 2 aromatic rings. The maximum Gasteiger partial charge on any atom is 0.338 e. The van der Waals surface area contributed by atoms with Gasteiger partial charge in [-0.1, -0.05) is 18.2 Å². The quantitative estimate of drug-likeness (QED) is 0.577. The molecule has 7 nitrogen and oxygen atoms in total. The van der Waals surface area contributed by atoms with Gasteiger partial charge in [-0.15, -0.1) is 0 Å². The summed E-state index contributed by atoms with van der Waals surface area (Å²) in [6.07, 6.45) is 0. The number of hydrogen-bond acceptors (Lipinski definition) is 5. The number of carbonyl (C=O) groups excluding carboxylic acids is 3. The predicted octanol–water partition coefficient (Wildman–Crippen LogP) is 1.01. The molecule has 7 heteroatoms. The number of phenolic OH excluding ortho intramolecular Hbond substituents is 1. The smallest absolute Gasteiger partial charge is 0.338 e. The highest BCUT2D eigenvalue weighted by atomic mass is 16.5. The second-order valence-corrected chi connectivity index (χ2v) is 4.49. The van der Waals surface area contributed by atoms with E-state index in [4.69, 9.17) is 9.84 Å². The Labute approximate surface area is 131 Å². The molecule has 0 aromatic heterocycles. The van der Waals surface area contributed by atoms with Gasteiger partial charge in [0.05, 0.1) is 5.56 Å². The molecule has 0 heterocycles. The van der Waals surface area contributed by atoms with Gasteiger partial charge in [-0.3, -0.25) is 20.4 Å². The van der Waals surface area contributed by atoms with Gasteiger partial charge in [0.15, 0.2) is 6.61 Å². The Morgan fingerprint density at radius 1 is 0.870 bits per heavy atom. The van der Waals surface area contributed by atoms with Crippen molar-refractivity contribution in [1.82, 2.24) is 10.9 Å². The maximum atomic E-state index is 11.7. The van der Waals surface area contributed by atoms with E-state index in [2.05, 4.69) is 10.9 Å². The van der Waals surface area contributed by atoms with Crippen molar-refractivity contribution < 1.29 is 24.2 Å². The third kappa shape index (κ3) is 4.85. The van der Waals surface area contributed by atoms with E-state index in [0.717, 1.165) is 0 Å².